The third-order valence-electron chi connectivity index (χ3n) is 3.87. The molecule has 0 spiro atoms. The molecule has 0 aromatic rings. The normalized spacial score (nSPS) is 29.1. The minimum atomic E-state index is 0.855. The Balaban J connectivity index is 1.84. The van der Waals surface area contributed by atoms with Gasteiger partial charge in [-0.2, -0.15) is 0 Å². The van der Waals surface area contributed by atoms with Gasteiger partial charge >= 0.3 is 0 Å². The molecule has 13 heavy (non-hydrogen) atoms. The molecule has 1 aliphatic carbocycles. The van der Waals surface area contributed by atoms with Gasteiger partial charge in [0.2, 0.25) is 0 Å². The van der Waals surface area contributed by atoms with Gasteiger partial charge in [-0.1, -0.05) is 0 Å². The fourth-order valence-electron chi connectivity index (χ4n) is 2.75. The minimum Gasteiger partial charge on any atom is -0.330 e. The Morgan fingerprint density at radius 2 is 1.69 bits per heavy atom. The van der Waals surface area contributed by atoms with Crippen LogP contribution in [-0.2, 0) is 0 Å². The summed E-state index contributed by atoms with van der Waals surface area (Å²) in [4.78, 5) is 2.44. The highest BCUT2D eigenvalue weighted by Gasteiger charge is 2.36. The van der Waals surface area contributed by atoms with E-state index < -0.39 is 0 Å². The fourth-order valence-corrected chi connectivity index (χ4v) is 2.75. The smallest absolute Gasteiger partial charge is 0.00190 e. The molecule has 1 aliphatic heterocycles. The lowest BCUT2D eigenvalue weighted by atomic mass is 9.81. The number of rotatable bonds is 3. The van der Waals surface area contributed by atoms with E-state index in [9.17, 15) is 0 Å². The molecule has 0 aromatic carbocycles. The SMILES string of the molecule is CN1CCC(C(CN)C2CC2)CC1. The summed E-state index contributed by atoms with van der Waals surface area (Å²) in [6.07, 6.45) is 5.67. The van der Waals surface area contributed by atoms with E-state index in [4.69, 9.17) is 5.73 Å². The minimum absolute atomic E-state index is 0.855. The van der Waals surface area contributed by atoms with Gasteiger partial charge in [0.1, 0.15) is 0 Å². The zero-order chi connectivity index (χ0) is 9.26. The first kappa shape index (κ1) is 9.47. The zero-order valence-corrected chi connectivity index (χ0v) is 8.71. The summed E-state index contributed by atoms with van der Waals surface area (Å²) in [5, 5.41) is 0. The van der Waals surface area contributed by atoms with Gasteiger partial charge in [-0.3, -0.25) is 0 Å². The topological polar surface area (TPSA) is 29.3 Å². The first-order valence-corrected chi connectivity index (χ1v) is 5.70. The predicted octanol–water partition coefficient (Wildman–Crippen LogP) is 1.31. The Morgan fingerprint density at radius 1 is 1.15 bits per heavy atom. The van der Waals surface area contributed by atoms with Crippen LogP contribution in [0.4, 0.5) is 0 Å². The molecule has 2 nitrogen and oxygen atoms in total. The summed E-state index contributed by atoms with van der Waals surface area (Å²) in [6, 6.07) is 0. The second-order valence-electron chi connectivity index (χ2n) is 4.88. The lowest BCUT2D eigenvalue weighted by Crippen LogP contribution is -2.36. The third-order valence-corrected chi connectivity index (χ3v) is 3.87. The second-order valence-corrected chi connectivity index (χ2v) is 4.88. The van der Waals surface area contributed by atoms with Crippen molar-refractivity contribution in [1.29, 1.82) is 0 Å². The monoisotopic (exact) mass is 182 g/mol. The van der Waals surface area contributed by atoms with Crippen LogP contribution < -0.4 is 5.73 Å². The van der Waals surface area contributed by atoms with Gasteiger partial charge < -0.3 is 10.6 Å². The molecule has 1 atom stereocenters. The van der Waals surface area contributed by atoms with Crippen LogP contribution in [0.3, 0.4) is 0 Å². The van der Waals surface area contributed by atoms with Crippen molar-refractivity contribution >= 4 is 0 Å². The molecule has 0 amide bonds. The molecule has 2 aliphatic rings. The summed E-state index contributed by atoms with van der Waals surface area (Å²) >= 11 is 0. The lowest BCUT2D eigenvalue weighted by Gasteiger charge is -2.34. The van der Waals surface area contributed by atoms with Crippen molar-refractivity contribution in [3.05, 3.63) is 0 Å². The Labute approximate surface area is 81.5 Å². The summed E-state index contributed by atoms with van der Waals surface area (Å²) in [5.74, 6) is 2.79. The van der Waals surface area contributed by atoms with Gasteiger partial charge in [0, 0.05) is 0 Å². The van der Waals surface area contributed by atoms with Gasteiger partial charge in [-0.15, -0.1) is 0 Å². The van der Waals surface area contributed by atoms with E-state index in [0.29, 0.717) is 0 Å². The molecule has 2 N–H and O–H groups in total. The maximum absolute atomic E-state index is 5.87. The molecule has 2 fully saturated rings. The Morgan fingerprint density at radius 3 is 2.15 bits per heavy atom. The molecule has 2 heteroatoms. The molecule has 0 aromatic heterocycles. The van der Waals surface area contributed by atoms with Crippen LogP contribution in [-0.4, -0.2) is 31.6 Å². The van der Waals surface area contributed by atoms with Crippen LogP contribution in [0.1, 0.15) is 25.7 Å². The average molecular weight is 182 g/mol. The van der Waals surface area contributed by atoms with Gasteiger partial charge in [-0.25, -0.2) is 0 Å². The van der Waals surface area contributed by atoms with E-state index in [0.717, 1.165) is 24.3 Å². The second kappa shape index (κ2) is 3.97. The molecule has 1 heterocycles. The van der Waals surface area contributed by atoms with E-state index in [2.05, 4.69) is 11.9 Å². The lowest BCUT2D eigenvalue weighted by molar-refractivity contribution is 0.161. The summed E-state index contributed by atoms with van der Waals surface area (Å²) in [5.41, 5.74) is 5.87. The number of nitrogens with two attached hydrogens (primary N) is 1. The standard InChI is InChI=1S/C11H22N2/c1-13-6-4-10(5-7-13)11(8-12)9-2-3-9/h9-11H,2-8,12H2,1H3. The number of hydrogen-bond donors (Lipinski definition) is 1. The first-order chi connectivity index (χ1) is 6.31. The van der Waals surface area contributed by atoms with Crippen molar-refractivity contribution in [1.82, 2.24) is 4.90 Å². The highest BCUT2D eigenvalue weighted by atomic mass is 15.1. The van der Waals surface area contributed by atoms with Gasteiger partial charge in [-0.05, 0) is 70.1 Å². The Kier molecular flexibility index (Phi) is 2.89. The summed E-state index contributed by atoms with van der Waals surface area (Å²) < 4.78 is 0. The molecule has 0 radical (unpaired) electrons. The average Bonchev–Trinajstić information content (AvgIpc) is 2.93. The van der Waals surface area contributed by atoms with E-state index in [1.165, 1.54) is 38.8 Å². The third kappa shape index (κ3) is 2.23. The molecule has 2 rings (SSSR count). The van der Waals surface area contributed by atoms with Crippen LogP contribution in [0, 0.1) is 17.8 Å². The number of hydrogen-bond acceptors (Lipinski definition) is 2. The molecular weight excluding hydrogens is 160 g/mol. The van der Waals surface area contributed by atoms with E-state index in [1.54, 1.807) is 0 Å². The zero-order valence-electron chi connectivity index (χ0n) is 8.71. The van der Waals surface area contributed by atoms with Crippen LogP contribution >= 0.6 is 0 Å². The van der Waals surface area contributed by atoms with Crippen LogP contribution in [0.2, 0.25) is 0 Å². The molecule has 0 bridgehead atoms. The van der Waals surface area contributed by atoms with Crippen molar-refractivity contribution < 1.29 is 0 Å². The molecular formula is C11H22N2. The number of likely N-dealkylation sites (tertiary alicyclic amines) is 1. The number of piperidine rings is 1. The molecule has 1 saturated heterocycles. The van der Waals surface area contributed by atoms with E-state index in [-0.39, 0.29) is 0 Å². The largest absolute Gasteiger partial charge is 0.330 e. The highest BCUT2D eigenvalue weighted by molar-refractivity contribution is 4.88. The van der Waals surface area contributed by atoms with E-state index in [1.807, 2.05) is 0 Å². The van der Waals surface area contributed by atoms with Crippen molar-refractivity contribution in [2.45, 2.75) is 25.7 Å². The van der Waals surface area contributed by atoms with Crippen LogP contribution in [0.5, 0.6) is 0 Å². The molecule has 1 unspecified atom stereocenters. The predicted molar refractivity (Wildman–Crippen MR) is 55.5 cm³/mol. The van der Waals surface area contributed by atoms with Crippen LogP contribution in [0.25, 0.3) is 0 Å². The molecule has 76 valence electrons. The van der Waals surface area contributed by atoms with Crippen LogP contribution in [0.15, 0.2) is 0 Å². The van der Waals surface area contributed by atoms with Gasteiger partial charge in [0.25, 0.3) is 0 Å². The van der Waals surface area contributed by atoms with E-state index >= 15 is 0 Å². The summed E-state index contributed by atoms with van der Waals surface area (Å²) in [7, 11) is 2.23. The fraction of sp³-hybridized carbons (Fsp3) is 1.00. The van der Waals surface area contributed by atoms with Gasteiger partial charge in [0.15, 0.2) is 0 Å². The summed E-state index contributed by atoms with van der Waals surface area (Å²) in [6.45, 7) is 3.50. The Hall–Kier alpha value is -0.0800. The first-order valence-electron chi connectivity index (χ1n) is 5.70. The van der Waals surface area contributed by atoms with Crippen molar-refractivity contribution in [2.24, 2.45) is 23.5 Å². The van der Waals surface area contributed by atoms with Gasteiger partial charge in [0.05, 0.1) is 0 Å². The maximum Gasteiger partial charge on any atom is -0.00190 e. The Bertz CT molecular complexity index is 157. The quantitative estimate of drug-likeness (QED) is 0.713. The van der Waals surface area contributed by atoms with Crippen molar-refractivity contribution in [3.8, 4) is 0 Å². The van der Waals surface area contributed by atoms with Crippen molar-refractivity contribution in [2.75, 3.05) is 26.7 Å². The highest BCUT2D eigenvalue weighted by Crippen LogP contribution is 2.42. The number of nitrogens with zero attached hydrogens (tertiary/aromatic N) is 1. The van der Waals surface area contributed by atoms with Crippen molar-refractivity contribution in [3.63, 3.8) is 0 Å². The molecule has 1 saturated carbocycles. The maximum atomic E-state index is 5.87.